The van der Waals surface area contributed by atoms with Crippen LogP contribution < -0.4 is 0 Å². The van der Waals surface area contributed by atoms with Crippen LogP contribution in [0.4, 0.5) is 0 Å². The van der Waals surface area contributed by atoms with Crippen LogP contribution in [-0.2, 0) is 6.54 Å². The fourth-order valence-electron chi connectivity index (χ4n) is 2.67. The smallest absolute Gasteiger partial charge is 0.167 e. The van der Waals surface area contributed by atoms with E-state index in [9.17, 15) is 10.1 Å². The van der Waals surface area contributed by atoms with Gasteiger partial charge in [0.2, 0.25) is 0 Å². The van der Waals surface area contributed by atoms with Crippen LogP contribution in [-0.4, -0.2) is 27.0 Å². The summed E-state index contributed by atoms with van der Waals surface area (Å²) in [4.78, 5) is 13.2. The van der Waals surface area contributed by atoms with Gasteiger partial charge in [-0.2, -0.15) is 5.26 Å². The molecule has 0 radical (unpaired) electrons. The Bertz CT molecular complexity index is 1040. The number of allylic oxidation sites excluding steroid dienone is 2. The van der Waals surface area contributed by atoms with E-state index in [0.717, 1.165) is 5.56 Å². The van der Waals surface area contributed by atoms with Crippen LogP contribution in [0.15, 0.2) is 65.7 Å². The van der Waals surface area contributed by atoms with Crippen molar-refractivity contribution in [1.82, 2.24) is 15.0 Å². The minimum atomic E-state index is -0.0783. The van der Waals surface area contributed by atoms with Gasteiger partial charge < -0.3 is 0 Å². The fourth-order valence-corrected chi connectivity index (χ4v) is 3.43. The van der Waals surface area contributed by atoms with Crippen LogP contribution >= 0.6 is 23.4 Å². The van der Waals surface area contributed by atoms with Gasteiger partial charge in [0.05, 0.1) is 18.3 Å². The molecule has 3 aromatic rings. The van der Waals surface area contributed by atoms with Crippen molar-refractivity contribution in [3.05, 3.63) is 87.5 Å². The third kappa shape index (κ3) is 4.89. The normalized spacial score (nSPS) is 11.6. The van der Waals surface area contributed by atoms with Crippen LogP contribution in [0.2, 0.25) is 5.02 Å². The molecule has 28 heavy (non-hydrogen) atoms. The Morgan fingerprint density at radius 2 is 1.89 bits per heavy atom. The van der Waals surface area contributed by atoms with Crippen LogP contribution in [0.1, 0.15) is 28.0 Å². The molecule has 0 saturated heterocycles. The highest BCUT2D eigenvalue weighted by Crippen LogP contribution is 2.28. The molecule has 1 aromatic heterocycles. The molecule has 140 valence electrons. The summed E-state index contributed by atoms with van der Waals surface area (Å²) < 4.78 is 1.68. The molecule has 0 amide bonds. The van der Waals surface area contributed by atoms with Crippen molar-refractivity contribution in [2.24, 2.45) is 0 Å². The van der Waals surface area contributed by atoms with Gasteiger partial charge in [0, 0.05) is 21.9 Å². The lowest BCUT2D eigenvalue weighted by atomic mass is 10.1. The molecule has 0 fully saturated rings. The summed E-state index contributed by atoms with van der Waals surface area (Å²) >= 11 is 7.25. The molecule has 0 atom stereocenters. The highest BCUT2D eigenvalue weighted by Gasteiger charge is 2.17. The number of carbonyl (C=O) groups excluding carboxylic acids is 1. The second-order valence-corrected chi connectivity index (χ2v) is 7.35. The zero-order valence-corrected chi connectivity index (χ0v) is 16.7. The predicted octanol–water partition coefficient (Wildman–Crippen LogP) is 4.85. The van der Waals surface area contributed by atoms with E-state index in [-0.39, 0.29) is 12.2 Å². The molecule has 3 rings (SSSR count). The van der Waals surface area contributed by atoms with Crippen LogP contribution in [0.5, 0.6) is 0 Å². The quantitative estimate of drug-likeness (QED) is 0.412. The van der Waals surface area contributed by atoms with Gasteiger partial charge >= 0.3 is 0 Å². The van der Waals surface area contributed by atoms with Gasteiger partial charge in [-0.3, -0.25) is 4.79 Å². The number of benzene rings is 2. The molecule has 5 nitrogen and oxygen atoms in total. The van der Waals surface area contributed by atoms with Crippen molar-refractivity contribution in [3.8, 4) is 6.07 Å². The summed E-state index contributed by atoms with van der Waals surface area (Å²) in [5, 5.41) is 18.5. The largest absolute Gasteiger partial charge is 0.294 e. The average Bonchev–Trinajstić information content (AvgIpc) is 3.17. The van der Waals surface area contributed by atoms with Gasteiger partial charge in [-0.1, -0.05) is 47.1 Å². The van der Waals surface area contributed by atoms with E-state index in [4.69, 9.17) is 11.6 Å². The van der Waals surface area contributed by atoms with E-state index in [2.05, 4.69) is 16.4 Å². The zero-order chi connectivity index (χ0) is 19.9. The summed E-state index contributed by atoms with van der Waals surface area (Å²) in [5.74, 6) is -0.0783. The highest BCUT2D eigenvalue weighted by molar-refractivity contribution is 8.02. The van der Waals surface area contributed by atoms with Crippen molar-refractivity contribution in [1.29, 1.82) is 5.26 Å². The molecule has 0 bridgehead atoms. The number of halogens is 1. The number of rotatable bonds is 7. The van der Waals surface area contributed by atoms with E-state index >= 15 is 0 Å². The molecule has 0 aliphatic rings. The monoisotopic (exact) mass is 408 g/mol. The van der Waals surface area contributed by atoms with Gasteiger partial charge in [0.1, 0.15) is 11.8 Å². The third-order valence-corrected chi connectivity index (χ3v) is 5.20. The standard InChI is InChI=1S/C21H17ClN4OS/c1-28-21(11-20(27)16-7-9-17(22)10-8-16)18(12-23)19-14-26(25-24-19)13-15-5-3-2-4-6-15/h2-10,14H,11,13H2,1H3/b21-18+. The Kier molecular flexibility index (Phi) is 6.64. The van der Waals surface area contributed by atoms with Gasteiger partial charge in [-0.25, -0.2) is 4.68 Å². The van der Waals surface area contributed by atoms with Crippen molar-refractivity contribution in [3.63, 3.8) is 0 Å². The van der Waals surface area contributed by atoms with E-state index in [1.165, 1.54) is 11.8 Å². The molecule has 0 N–H and O–H groups in total. The lowest BCUT2D eigenvalue weighted by molar-refractivity contribution is 0.0995. The molecule has 7 heteroatoms. The van der Waals surface area contributed by atoms with Gasteiger partial charge in [-0.15, -0.1) is 16.9 Å². The van der Waals surface area contributed by atoms with Gasteiger partial charge in [0.25, 0.3) is 0 Å². The molecule has 0 aliphatic heterocycles. The second kappa shape index (κ2) is 9.36. The van der Waals surface area contributed by atoms with Gasteiger partial charge in [-0.05, 0) is 36.1 Å². The summed E-state index contributed by atoms with van der Waals surface area (Å²) in [6, 6.07) is 18.8. The molecule has 0 aliphatic carbocycles. The predicted molar refractivity (Wildman–Crippen MR) is 112 cm³/mol. The first-order valence-corrected chi connectivity index (χ1v) is 10.1. The SMILES string of the molecule is CS/C(CC(=O)c1ccc(Cl)cc1)=C(\C#N)c1cn(Cc2ccccc2)nn1. The third-order valence-electron chi connectivity index (χ3n) is 4.11. The molecular weight excluding hydrogens is 392 g/mol. The Hall–Kier alpha value is -2.88. The molecule has 1 heterocycles. The number of Topliss-reactive ketones (excluding diaryl/α,β-unsaturated/α-hetero) is 1. The van der Waals surface area contributed by atoms with Gasteiger partial charge in [0.15, 0.2) is 5.78 Å². The zero-order valence-electron chi connectivity index (χ0n) is 15.2. The second-order valence-electron chi connectivity index (χ2n) is 6.01. The fraction of sp³-hybridized carbons (Fsp3) is 0.143. The minimum Gasteiger partial charge on any atom is -0.294 e. The number of ketones is 1. The lowest BCUT2D eigenvalue weighted by Gasteiger charge is -2.06. The number of thioether (sulfide) groups is 1. The molecule has 2 aromatic carbocycles. The summed E-state index contributed by atoms with van der Waals surface area (Å²) in [7, 11) is 0. The minimum absolute atomic E-state index is 0.0783. The number of aromatic nitrogens is 3. The number of nitrogens with zero attached hydrogens (tertiary/aromatic N) is 4. The summed E-state index contributed by atoms with van der Waals surface area (Å²) in [6.07, 6.45) is 3.70. The van der Waals surface area contributed by atoms with E-state index in [1.54, 1.807) is 35.1 Å². The van der Waals surface area contributed by atoms with E-state index in [1.807, 2.05) is 36.6 Å². The summed E-state index contributed by atoms with van der Waals surface area (Å²) in [5.41, 5.74) is 2.48. The number of carbonyl (C=O) groups is 1. The number of hydrogen-bond acceptors (Lipinski definition) is 5. The maximum Gasteiger partial charge on any atom is 0.167 e. The highest BCUT2D eigenvalue weighted by atomic mass is 35.5. The van der Waals surface area contributed by atoms with Crippen molar-refractivity contribution < 1.29 is 4.79 Å². The molecule has 0 unspecified atom stereocenters. The molecule has 0 saturated carbocycles. The molecular formula is C21H17ClN4OS. The average molecular weight is 409 g/mol. The maximum absolute atomic E-state index is 12.6. The first-order chi connectivity index (χ1) is 13.6. The first kappa shape index (κ1) is 19.9. The Balaban J connectivity index is 1.83. The number of hydrogen-bond donors (Lipinski definition) is 0. The summed E-state index contributed by atoms with van der Waals surface area (Å²) in [6.45, 7) is 0.560. The van der Waals surface area contributed by atoms with E-state index in [0.29, 0.717) is 33.3 Å². The van der Waals surface area contributed by atoms with Crippen LogP contribution in [0.3, 0.4) is 0 Å². The lowest BCUT2D eigenvalue weighted by Crippen LogP contribution is -2.01. The van der Waals surface area contributed by atoms with Crippen molar-refractivity contribution in [2.75, 3.05) is 6.26 Å². The van der Waals surface area contributed by atoms with Crippen molar-refractivity contribution in [2.45, 2.75) is 13.0 Å². The number of nitriles is 1. The van der Waals surface area contributed by atoms with Crippen LogP contribution in [0, 0.1) is 11.3 Å². The Morgan fingerprint density at radius 3 is 2.54 bits per heavy atom. The Labute approximate surface area is 172 Å². The first-order valence-electron chi connectivity index (χ1n) is 8.51. The van der Waals surface area contributed by atoms with E-state index < -0.39 is 0 Å². The van der Waals surface area contributed by atoms with Crippen molar-refractivity contribution >= 4 is 34.7 Å². The molecule has 0 spiro atoms. The Morgan fingerprint density at radius 1 is 1.18 bits per heavy atom. The topological polar surface area (TPSA) is 71.6 Å². The van der Waals surface area contributed by atoms with Crippen LogP contribution in [0.25, 0.3) is 5.57 Å². The maximum atomic E-state index is 12.6.